The summed E-state index contributed by atoms with van der Waals surface area (Å²) < 4.78 is 0. The summed E-state index contributed by atoms with van der Waals surface area (Å²) in [4.78, 5) is 23.9. The van der Waals surface area contributed by atoms with Crippen LogP contribution < -0.4 is 5.32 Å². The summed E-state index contributed by atoms with van der Waals surface area (Å²) in [6, 6.07) is 10.00. The van der Waals surface area contributed by atoms with E-state index in [0.717, 1.165) is 11.1 Å². The number of benzene rings is 1. The molecule has 0 aliphatic heterocycles. The molecule has 3 rings (SSSR count). The number of carbonyl (C=O) groups is 2. The Kier molecular flexibility index (Phi) is 3.98. The third-order valence-electron chi connectivity index (χ3n) is 4.06. The number of nitrogens with one attached hydrogen (secondary N) is 1. The van der Waals surface area contributed by atoms with E-state index in [9.17, 15) is 9.59 Å². The summed E-state index contributed by atoms with van der Waals surface area (Å²) >= 11 is 1.41. The number of hydrogen-bond donors (Lipinski definition) is 2. The molecule has 0 bridgehead atoms. The van der Waals surface area contributed by atoms with Crippen LogP contribution in [0.15, 0.2) is 35.7 Å². The van der Waals surface area contributed by atoms with Crippen LogP contribution >= 0.6 is 11.3 Å². The quantitative estimate of drug-likeness (QED) is 0.909. The fourth-order valence-electron chi connectivity index (χ4n) is 2.63. The molecule has 1 saturated carbocycles. The zero-order valence-corrected chi connectivity index (χ0v) is 13.0. The van der Waals surface area contributed by atoms with Gasteiger partial charge in [-0.15, -0.1) is 11.3 Å². The van der Waals surface area contributed by atoms with Gasteiger partial charge in [-0.25, -0.2) is 0 Å². The molecular formula is C17H17NO3S. The van der Waals surface area contributed by atoms with Gasteiger partial charge in [-0.3, -0.25) is 9.59 Å². The average Bonchev–Trinajstić information content (AvgIpc) is 2.92. The number of aryl methyl sites for hydroxylation is 1. The summed E-state index contributed by atoms with van der Waals surface area (Å²) in [5, 5.41) is 13.7. The zero-order valence-electron chi connectivity index (χ0n) is 12.2. The van der Waals surface area contributed by atoms with Crippen molar-refractivity contribution in [3.63, 3.8) is 0 Å². The monoisotopic (exact) mass is 315 g/mol. The molecule has 0 atom stereocenters. The van der Waals surface area contributed by atoms with E-state index in [0.29, 0.717) is 17.7 Å². The van der Waals surface area contributed by atoms with Crippen molar-refractivity contribution in [2.45, 2.75) is 25.8 Å². The summed E-state index contributed by atoms with van der Waals surface area (Å²) in [6.45, 7) is 2.03. The number of carbonyl (C=O) groups excluding carboxylic acids is 1. The molecule has 4 nitrogen and oxygen atoms in total. The van der Waals surface area contributed by atoms with Gasteiger partial charge in [-0.05, 0) is 36.8 Å². The van der Waals surface area contributed by atoms with Crippen LogP contribution in [0, 0.1) is 12.8 Å². The molecule has 1 amide bonds. The fourth-order valence-corrected chi connectivity index (χ4v) is 3.45. The van der Waals surface area contributed by atoms with E-state index in [2.05, 4.69) is 5.32 Å². The Morgan fingerprint density at radius 1 is 1.18 bits per heavy atom. The molecule has 1 aromatic carbocycles. The molecule has 0 radical (unpaired) electrons. The number of amides is 1. The lowest BCUT2D eigenvalue weighted by molar-refractivity contribution is -0.145. The number of aliphatic carboxylic acids is 1. The van der Waals surface area contributed by atoms with Gasteiger partial charge in [0.25, 0.3) is 5.91 Å². The van der Waals surface area contributed by atoms with E-state index >= 15 is 0 Å². The van der Waals surface area contributed by atoms with Gasteiger partial charge in [0.05, 0.1) is 10.8 Å². The molecule has 114 valence electrons. The normalized spacial score (nSPS) is 20.2. The predicted molar refractivity (Wildman–Crippen MR) is 86.1 cm³/mol. The molecule has 5 heteroatoms. The van der Waals surface area contributed by atoms with Crippen molar-refractivity contribution >= 4 is 23.2 Å². The van der Waals surface area contributed by atoms with E-state index in [-0.39, 0.29) is 17.9 Å². The van der Waals surface area contributed by atoms with Crippen LogP contribution in [0.2, 0.25) is 0 Å². The van der Waals surface area contributed by atoms with Gasteiger partial charge in [0, 0.05) is 11.6 Å². The second-order valence-electron chi connectivity index (χ2n) is 5.71. The van der Waals surface area contributed by atoms with E-state index in [1.165, 1.54) is 16.9 Å². The van der Waals surface area contributed by atoms with Crippen LogP contribution in [0.5, 0.6) is 0 Å². The number of hydrogen-bond acceptors (Lipinski definition) is 3. The van der Waals surface area contributed by atoms with Crippen LogP contribution in [-0.2, 0) is 4.79 Å². The number of rotatable bonds is 4. The predicted octanol–water partition coefficient (Wildman–Crippen LogP) is 3.32. The van der Waals surface area contributed by atoms with E-state index in [1.807, 2.05) is 42.6 Å². The third-order valence-corrected chi connectivity index (χ3v) is 4.97. The molecule has 1 heterocycles. The van der Waals surface area contributed by atoms with Gasteiger partial charge in [0.1, 0.15) is 0 Å². The number of carboxylic acids is 1. The first-order chi connectivity index (χ1) is 10.5. The van der Waals surface area contributed by atoms with Crippen molar-refractivity contribution in [2.24, 2.45) is 5.92 Å². The number of thiophene rings is 1. The standard InChI is InChI=1S/C17H17NO3S/c1-10-2-4-11(5-3-10)14-6-7-22-15(14)16(19)18-13-8-12(9-13)17(20)21/h2-7,12-13H,8-9H2,1H3,(H,18,19)(H,20,21). The van der Waals surface area contributed by atoms with Crippen LogP contribution in [0.25, 0.3) is 11.1 Å². The molecular weight excluding hydrogens is 298 g/mol. The molecule has 22 heavy (non-hydrogen) atoms. The van der Waals surface area contributed by atoms with E-state index in [1.54, 1.807) is 0 Å². The fraction of sp³-hybridized carbons (Fsp3) is 0.294. The van der Waals surface area contributed by atoms with Crippen LogP contribution in [0.1, 0.15) is 28.1 Å². The minimum atomic E-state index is -0.776. The maximum Gasteiger partial charge on any atom is 0.306 e. The Hall–Kier alpha value is -2.14. The lowest BCUT2D eigenvalue weighted by Crippen LogP contribution is -2.46. The summed E-state index contributed by atoms with van der Waals surface area (Å²) in [5.74, 6) is -1.20. The smallest absolute Gasteiger partial charge is 0.306 e. The van der Waals surface area contributed by atoms with Crippen molar-refractivity contribution in [2.75, 3.05) is 0 Å². The highest BCUT2D eigenvalue weighted by Gasteiger charge is 2.35. The molecule has 0 unspecified atom stereocenters. The molecule has 2 aromatic rings. The first-order valence-corrected chi connectivity index (χ1v) is 8.11. The molecule has 0 saturated heterocycles. The number of carboxylic acid groups (broad SMARTS) is 1. The van der Waals surface area contributed by atoms with Crippen LogP contribution in [0.4, 0.5) is 0 Å². The Morgan fingerprint density at radius 2 is 1.86 bits per heavy atom. The first-order valence-electron chi connectivity index (χ1n) is 7.23. The Morgan fingerprint density at radius 3 is 2.50 bits per heavy atom. The second-order valence-corrected chi connectivity index (χ2v) is 6.62. The van der Waals surface area contributed by atoms with Crippen molar-refractivity contribution in [1.29, 1.82) is 0 Å². The summed E-state index contributed by atoms with van der Waals surface area (Å²) in [7, 11) is 0. The van der Waals surface area contributed by atoms with E-state index < -0.39 is 5.97 Å². The van der Waals surface area contributed by atoms with Gasteiger partial charge in [0.15, 0.2) is 0 Å². The van der Waals surface area contributed by atoms with Crippen molar-refractivity contribution in [3.8, 4) is 11.1 Å². The zero-order chi connectivity index (χ0) is 15.7. The van der Waals surface area contributed by atoms with Gasteiger partial charge in [-0.2, -0.15) is 0 Å². The third kappa shape index (κ3) is 2.90. The summed E-state index contributed by atoms with van der Waals surface area (Å²) in [6.07, 6.45) is 1.04. The SMILES string of the molecule is Cc1ccc(-c2ccsc2C(=O)NC2CC(C(=O)O)C2)cc1. The van der Waals surface area contributed by atoms with Gasteiger partial charge >= 0.3 is 5.97 Å². The van der Waals surface area contributed by atoms with Crippen molar-refractivity contribution in [3.05, 3.63) is 46.2 Å². The topological polar surface area (TPSA) is 66.4 Å². The highest BCUT2D eigenvalue weighted by molar-refractivity contribution is 7.12. The average molecular weight is 315 g/mol. The Bertz CT molecular complexity index is 699. The molecule has 1 fully saturated rings. The maximum absolute atomic E-state index is 12.4. The van der Waals surface area contributed by atoms with Crippen LogP contribution in [0.3, 0.4) is 0 Å². The molecule has 1 aromatic heterocycles. The second kappa shape index (κ2) is 5.93. The van der Waals surface area contributed by atoms with Crippen LogP contribution in [-0.4, -0.2) is 23.0 Å². The maximum atomic E-state index is 12.4. The minimum Gasteiger partial charge on any atom is -0.481 e. The molecule has 1 aliphatic carbocycles. The Labute approximate surface area is 132 Å². The lowest BCUT2D eigenvalue weighted by atomic mass is 9.80. The molecule has 2 N–H and O–H groups in total. The minimum absolute atomic E-state index is 0.0263. The van der Waals surface area contributed by atoms with E-state index in [4.69, 9.17) is 5.11 Å². The van der Waals surface area contributed by atoms with Gasteiger partial charge in [-0.1, -0.05) is 29.8 Å². The van der Waals surface area contributed by atoms with Crippen molar-refractivity contribution in [1.82, 2.24) is 5.32 Å². The molecule has 0 spiro atoms. The Balaban J connectivity index is 1.71. The first kappa shape index (κ1) is 14.8. The molecule has 1 aliphatic rings. The summed E-state index contributed by atoms with van der Waals surface area (Å²) in [5.41, 5.74) is 3.13. The lowest BCUT2D eigenvalue weighted by Gasteiger charge is -2.32. The van der Waals surface area contributed by atoms with Gasteiger partial charge < -0.3 is 10.4 Å². The highest BCUT2D eigenvalue weighted by Crippen LogP contribution is 2.31. The van der Waals surface area contributed by atoms with Gasteiger partial charge in [0.2, 0.25) is 0 Å². The largest absolute Gasteiger partial charge is 0.481 e. The highest BCUT2D eigenvalue weighted by atomic mass is 32.1. The van der Waals surface area contributed by atoms with Crippen molar-refractivity contribution < 1.29 is 14.7 Å².